The third kappa shape index (κ3) is 24.3. The molecule has 64 heteroatoms. The quantitative estimate of drug-likeness (QED) is 0.161. The molecule has 0 N–H and O–H groups in total. The van der Waals surface area contributed by atoms with Crippen LogP contribution in [0.25, 0.3) is 0 Å². The van der Waals surface area contributed by atoms with Crippen molar-refractivity contribution < 1.29 is 211 Å². The van der Waals surface area contributed by atoms with E-state index in [1.54, 1.807) is 0 Å². The molecule has 0 bridgehead atoms. The van der Waals surface area contributed by atoms with Gasteiger partial charge in [-0.25, -0.2) is 17.1 Å². The summed E-state index contributed by atoms with van der Waals surface area (Å²) in [7, 11) is -58.0. The molecule has 0 aromatic rings. The van der Waals surface area contributed by atoms with E-state index in [0.29, 0.717) is 0 Å². The summed E-state index contributed by atoms with van der Waals surface area (Å²) in [5.41, 5.74) is 0. The molecule has 0 unspecified atom stereocenters. The van der Waals surface area contributed by atoms with E-state index >= 15 is 0 Å². The van der Waals surface area contributed by atoms with Gasteiger partial charge < -0.3 is 9.47 Å². The molecular weight excluding hydrogens is 1480 g/mol. The second kappa shape index (κ2) is 25.6. The SMILES string of the molecule is CC1(C)S(=O)(=O)OS(=O)OS1(=O)=O.O=S1(=O)CS(=O)(=O)OC(F)(F)C(F)(F)O1.O=S1(=O)CS(=O)(=O)OC(F)(F)O1.O=S1(=O)CS(=O)(=O)OCC(F)(F)CO1.O=S1(=O)CS(=O)(=O)OCOCOCO1.O=S1OS(=O)(=O)C(F)(F)S(=O)(=O)O1. The van der Waals surface area contributed by atoms with Crippen molar-refractivity contribution in [3.63, 3.8) is 0 Å². The maximum absolute atomic E-state index is 12.6. The van der Waals surface area contributed by atoms with Gasteiger partial charge >= 0.3 is 86.3 Å². The van der Waals surface area contributed by atoms with Gasteiger partial charge in [-0.05, 0) is 13.8 Å². The molecule has 6 aliphatic heterocycles. The van der Waals surface area contributed by atoms with Gasteiger partial charge in [-0.15, -0.1) is 23.3 Å². The fourth-order valence-corrected chi connectivity index (χ4v) is 21.3. The van der Waals surface area contributed by atoms with Gasteiger partial charge in [0.25, 0.3) is 86.9 Å². The highest BCUT2D eigenvalue weighted by molar-refractivity contribution is 8.15. The Morgan fingerprint density at radius 3 is 0.864 bits per heavy atom. The van der Waals surface area contributed by atoms with Gasteiger partial charge in [0, 0.05) is 0 Å². The Kier molecular flexibility index (Phi) is 24.5. The lowest BCUT2D eigenvalue weighted by molar-refractivity contribution is -0.375. The molecule has 40 nitrogen and oxygen atoms in total. The summed E-state index contributed by atoms with van der Waals surface area (Å²) >= 11 is -6.08. The normalized spacial score (nSPS) is 30.6. The van der Waals surface area contributed by atoms with Crippen LogP contribution in [-0.4, -0.2) is 196 Å². The maximum atomic E-state index is 12.6. The smallest absolute Gasteiger partial charge is 0.328 e. The fourth-order valence-electron chi connectivity index (χ4n) is 3.21. The molecule has 0 spiro atoms. The van der Waals surface area contributed by atoms with E-state index < -0.39 is 224 Å². The molecule has 6 fully saturated rings. The Hall–Kier alpha value is -1.56. The van der Waals surface area contributed by atoms with E-state index in [4.69, 9.17) is 0 Å². The van der Waals surface area contributed by atoms with Crippen molar-refractivity contribution in [1.29, 1.82) is 0 Å². The topological polar surface area (TPSA) is 573 Å². The van der Waals surface area contributed by atoms with E-state index in [9.17, 15) is 153 Å². The lowest BCUT2D eigenvalue weighted by Crippen LogP contribution is -2.47. The largest absolute Gasteiger partial charge is 0.514 e. The Labute approximate surface area is 452 Å². The highest BCUT2D eigenvalue weighted by Crippen LogP contribution is 2.42. The molecule has 0 aliphatic carbocycles. The van der Waals surface area contributed by atoms with E-state index in [0.717, 1.165) is 13.8 Å². The summed E-state index contributed by atoms with van der Waals surface area (Å²) in [5, 5.41) is -6.41. The number of hydrogen-bond acceptors (Lipinski definition) is 40. The minimum Gasteiger partial charge on any atom is -0.328 e. The molecule has 486 valence electrons. The maximum Gasteiger partial charge on any atom is 0.514 e. The Balaban J connectivity index is 0.000000487. The predicted molar refractivity (Wildman–Crippen MR) is 221 cm³/mol. The first kappa shape index (κ1) is 77.5. The van der Waals surface area contributed by atoms with Crippen LogP contribution in [0.3, 0.4) is 0 Å². The molecule has 0 aromatic heterocycles. The van der Waals surface area contributed by atoms with Gasteiger partial charge in [-0.3, -0.25) is 8.37 Å². The van der Waals surface area contributed by atoms with Gasteiger partial charge in [0.15, 0.2) is 20.4 Å². The summed E-state index contributed by atoms with van der Waals surface area (Å²) in [6.45, 7) is -2.54. The first-order valence-corrected chi connectivity index (χ1v) is 37.4. The van der Waals surface area contributed by atoms with Gasteiger partial charge in [0.1, 0.15) is 13.2 Å². The van der Waals surface area contributed by atoms with Gasteiger partial charge in [0.2, 0.25) is 24.4 Å². The van der Waals surface area contributed by atoms with E-state index in [1.807, 2.05) is 0 Å². The van der Waals surface area contributed by atoms with Crippen LogP contribution in [-0.2, 0) is 202 Å². The summed E-state index contributed by atoms with van der Waals surface area (Å²) in [4.78, 5) is 0. The van der Waals surface area contributed by atoms with Crippen LogP contribution in [0.2, 0.25) is 0 Å². The van der Waals surface area contributed by atoms with E-state index in [-0.39, 0.29) is 6.79 Å². The van der Waals surface area contributed by atoms with E-state index in [1.165, 1.54) is 0 Å². The summed E-state index contributed by atoms with van der Waals surface area (Å²) in [6, 6.07) is 0. The standard InChI is InChI=1S/C4H6F2O6S2.C4H8O8S2.C3H2F4O6S2.C3H6O7S3.C2H2F2O6S2.CF2O7S3/c5-4(6)1-11-13(7,8)3-14(9,10)12-2-4;5-13(6)4-14(7,8)12-3-10-1-9-2-11-13;4-2(5)3(6,7)13-15(10,11)1-14(8,9)12-2;1-3(2)12(5,6)9-11(4)10-13(3,7)8;3-2(4)9-11(5,6)1-12(7,8)10-2;2-1(3)12(5,6)9-11(4)10-13(1,7)8/h1-3H2;1-4H2;1H2;1-2H3;1H2;. The molecule has 81 heavy (non-hydrogen) atoms. The lowest BCUT2D eigenvalue weighted by Gasteiger charge is -2.25. The van der Waals surface area contributed by atoms with Crippen molar-refractivity contribution in [3.05, 3.63) is 0 Å². The average Bonchev–Trinajstić information content (AvgIpc) is 3.18. The molecule has 0 radical (unpaired) electrons. The molecule has 0 amide bonds. The van der Waals surface area contributed by atoms with Gasteiger partial charge in [-0.2, -0.15) is 153 Å². The number of hydrogen-bond donors (Lipinski definition) is 0. The summed E-state index contributed by atoms with van der Waals surface area (Å²) < 4.78 is 442. The van der Waals surface area contributed by atoms with Crippen LogP contribution in [0, 0.1) is 0 Å². The van der Waals surface area contributed by atoms with Crippen molar-refractivity contribution in [2.24, 2.45) is 0 Å². The second-order valence-corrected chi connectivity index (χ2v) is 38.0. The number of rotatable bonds is 0. The first-order chi connectivity index (χ1) is 35.2. The molecule has 6 aliphatic rings. The molecule has 0 atom stereocenters. The van der Waals surface area contributed by atoms with Crippen LogP contribution < -0.4 is 0 Å². The number of alkyl halides is 10. The van der Waals surface area contributed by atoms with Crippen molar-refractivity contribution >= 4 is 144 Å². The van der Waals surface area contributed by atoms with Gasteiger partial charge in [0.05, 0.1) is 0 Å². The number of halogens is 10. The predicted octanol–water partition coefficient (Wildman–Crippen LogP) is -5.29. The van der Waals surface area contributed by atoms with E-state index in [2.05, 4.69) is 57.5 Å². The monoisotopic (exact) mass is 1510 g/mol. The highest BCUT2D eigenvalue weighted by Gasteiger charge is 2.68. The summed E-state index contributed by atoms with van der Waals surface area (Å²) in [6.07, 6.45) is -15.8. The zero-order valence-corrected chi connectivity index (χ0v) is 48.6. The molecule has 6 saturated heterocycles. The molecule has 6 heterocycles. The number of ether oxygens (including phenoxy) is 2. The molecule has 6 rings (SSSR count). The third-order valence-corrected chi connectivity index (χ3v) is 30.1. The minimum absolute atomic E-state index is 0.314. The van der Waals surface area contributed by atoms with Crippen molar-refractivity contribution in [1.82, 2.24) is 0 Å². The second-order valence-electron chi connectivity index (χ2n) is 13.5. The highest BCUT2D eigenvalue weighted by atomic mass is 32.4. The fraction of sp³-hybridized carbons (Fsp3) is 1.00. The minimum atomic E-state index is -5.76. The Bertz CT molecular complexity index is 3480. The Morgan fingerprint density at radius 2 is 0.580 bits per heavy atom. The van der Waals surface area contributed by atoms with Crippen LogP contribution >= 0.6 is 0 Å². The van der Waals surface area contributed by atoms with Crippen molar-refractivity contribution in [3.8, 4) is 0 Å². The van der Waals surface area contributed by atoms with Crippen LogP contribution in [0.1, 0.15) is 13.8 Å². The average molecular weight is 1510 g/mol. The Morgan fingerprint density at radius 1 is 0.333 bits per heavy atom. The van der Waals surface area contributed by atoms with Crippen LogP contribution in [0.5, 0.6) is 0 Å². The zero-order chi connectivity index (χ0) is 64.4. The van der Waals surface area contributed by atoms with Crippen LogP contribution in [0.4, 0.5) is 43.9 Å². The zero-order valence-electron chi connectivity index (χ0n) is 37.2. The molecule has 0 aromatic carbocycles. The van der Waals surface area contributed by atoms with Crippen molar-refractivity contribution in [2.75, 3.05) is 53.9 Å². The lowest BCUT2D eigenvalue weighted by atomic mass is 10.4. The molecule has 0 saturated carbocycles. The third-order valence-electron chi connectivity index (χ3n) is 6.46. The van der Waals surface area contributed by atoms with Crippen molar-refractivity contribution in [2.45, 2.75) is 46.9 Å². The van der Waals surface area contributed by atoms with Gasteiger partial charge in [-0.1, -0.05) is 0 Å². The van der Waals surface area contributed by atoms with Crippen LogP contribution in [0.15, 0.2) is 0 Å². The first-order valence-electron chi connectivity index (χ1n) is 17.1. The molecular formula is C17H24F10O40S14. The summed E-state index contributed by atoms with van der Waals surface area (Å²) in [5.74, 6) is -3.64.